The topological polar surface area (TPSA) is 96.2 Å². The molecule has 0 radical (unpaired) electrons. The maximum atomic E-state index is 11.0. The van der Waals surface area contributed by atoms with Crippen LogP contribution in [-0.2, 0) is 0 Å². The molecule has 0 saturated carbocycles. The van der Waals surface area contributed by atoms with E-state index in [-0.39, 0.29) is 17.5 Å². The molecular formula is C12H22N6O2. The average molecular weight is 282 g/mol. The lowest BCUT2D eigenvalue weighted by atomic mass is 10.3. The van der Waals surface area contributed by atoms with Crippen molar-refractivity contribution < 1.29 is 4.92 Å². The van der Waals surface area contributed by atoms with Crippen LogP contribution in [0.1, 0.15) is 20.3 Å². The molecule has 8 nitrogen and oxygen atoms in total. The lowest BCUT2D eigenvalue weighted by Gasteiger charge is -2.20. The highest BCUT2D eigenvalue weighted by Gasteiger charge is 2.18. The Labute approximate surface area is 118 Å². The first-order chi connectivity index (χ1) is 9.45. The molecule has 0 saturated heterocycles. The summed E-state index contributed by atoms with van der Waals surface area (Å²) < 4.78 is 0. The number of likely N-dealkylation sites (N-methyl/N-ethyl adjacent to an activating group) is 1. The van der Waals surface area contributed by atoms with Crippen LogP contribution in [0.4, 0.5) is 17.5 Å². The van der Waals surface area contributed by atoms with Crippen molar-refractivity contribution in [1.82, 2.24) is 14.9 Å². The van der Waals surface area contributed by atoms with Gasteiger partial charge in [-0.15, -0.1) is 0 Å². The molecule has 1 aromatic rings. The number of nitrogens with one attached hydrogen (secondary N) is 2. The summed E-state index contributed by atoms with van der Waals surface area (Å²) in [6.45, 7) is 5.34. The monoisotopic (exact) mass is 282 g/mol. The molecule has 0 amide bonds. The van der Waals surface area contributed by atoms with Gasteiger partial charge in [0, 0.05) is 19.1 Å². The number of anilines is 2. The minimum absolute atomic E-state index is 0.113. The van der Waals surface area contributed by atoms with Gasteiger partial charge in [-0.3, -0.25) is 10.1 Å². The highest BCUT2D eigenvalue weighted by Crippen LogP contribution is 2.21. The van der Waals surface area contributed by atoms with Crippen molar-refractivity contribution >= 4 is 17.5 Å². The fourth-order valence-electron chi connectivity index (χ4n) is 1.39. The van der Waals surface area contributed by atoms with Crippen LogP contribution in [0.3, 0.4) is 0 Å². The molecular weight excluding hydrogens is 260 g/mol. The van der Waals surface area contributed by atoms with Crippen LogP contribution in [-0.4, -0.2) is 53.0 Å². The van der Waals surface area contributed by atoms with Crippen LogP contribution in [0.2, 0.25) is 0 Å². The van der Waals surface area contributed by atoms with Gasteiger partial charge in [-0.25, -0.2) is 4.98 Å². The smallest absolute Gasteiger partial charge is 0.329 e. The second-order valence-electron chi connectivity index (χ2n) is 4.80. The molecule has 0 aromatic carbocycles. The van der Waals surface area contributed by atoms with Crippen molar-refractivity contribution in [3.63, 3.8) is 0 Å². The van der Waals surface area contributed by atoms with Crippen LogP contribution in [0.5, 0.6) is 0 Å². The third kappa shape index (κ3) is 4.61. The van der Waals surface area contributed by atoms with Gasteiger partial charge >= 0.3 is 5.69 Å². The van der Waals surface area contributed by atoms with Crippen LogP contribution >= 0.6 is 0 Å². The van der Waals surface area contributed by atoms with Gasteiger partial charge in [-0.1, -0.05) is 6.92 Å². The van der Waals surface area contributed by atoms with E-state index in [9.17, 15) is 10.1 Å². The van der Waals surface area contributed by atoms with E-state index in [0.29, 0.717) is 12.5 Å². The van der Waals surface area contributed by atoms with E-state index in [1.165, 1.54) is 6.20 Å². The van der Waals surface area contributed by atoms with Crippen molar-refractivity contribution in [1.29, 1.82) is 0 Å². The summed E-state index contributed by atoms with van der Waals surface area (Å²) >= 11 is 0. The maximum Gasteiger partial charge on any atom is 0.329 e. The largest absolute Gasteiger partial charge is 0.363 e. The van der Waals surface area contributed by atoms with Gasteiger partial charge in [0.2, 0.25) is 11.8 Å². The van der Waals surface area contributed by atoms with E-state index in [0.717, 1.165) is 13.0 Å². The summed E-state index contributed by atoms with van der Waals surface area (Å²) in [6, 6.07) is 0.233. The summed E-state index contributed by atoms with van der Waals surface area (Å²) in [5.41, 5.74) is -0.113. The van der Waals surface area contributed by atoms with Crippen molar-refractivity contribution in [2.45, 2.75) is 26.3 Å². The molecule has 1 aromatic heterocycles. The average Bonchev–Trinajstić information content (AvgIpc) is 2.42. The zero-order valence-electron chi connectivity index (χ0n) is 12.4. The van der Waals surface area contributed by atoms with Crippen molar-refractivity contribution in [2.75, 3.05) is 37.8 Å². The van der Waals surface area contributed by atoms with E-state index < -0.39 is 4.92 Å². The van der Waals surface area contributed by atoms with Gasteiger partial charge in [0.15, 0.2) is 0 Å². The Morgan fingerprint density at radius 2 is 2.15 bits per heavy atom. The SMILES string of the molecule is CCCNc1ncc([N+](=O)[O-])c(NCC(C)N(C)C)n1. The first-order valence-electron chi connectivity index (χ1n) is 6.61. The van der Waals surface area contributed by atoms with Crippen molar-refractivity contribution in [3.8, 4) is 0 Å². The number of hydrogen-bond acceptors (Lipinski definition) is 7. The summed E-state index contributed by atoms with van der Waals surface area (Å²) in [5.74, 6) is 0.648. The summed E-state index contributed by atoms with van der Waals surface area (Å²) in [7, 11) is 3.91. The zero-order chi connectivity index (χ0) is 15.1. The molecule has 0 aliphatic rings. The zero-order valence-corrected chi connectivity index (χ0v) is 12.4. The highest BCUT2D eigenvalue weighted by molar-refractivity contribution is 5.57. The van der Waals surface area contributed by atoms with E-state index in [2.05, 4.69) is 20.6 Å². The Hall–Kier alpha value is -1.96. The maximum absolute atomic E-state index is 11.0. The minimum Gasteiger partial charge on any atom is -0.363 e. The van der Waals surface area contributed by atoms with Crippen LogP contribution < -0.4 is 10.6 Å². The molecule has 0 aliphatic heterocycles. The summed E-state index contributed by atoms with van der Waals surface area (Å²) in [5, 5.41) is 17.0. The van der Waals surface area contributed by atoms with Gasteiger partial charge in [0.1, 0.15) is 6.20 Å². The van der Waals surface area contributed by atoms with Crippen molar-refractivity contribution in [3.05, 3.63) is 16.3 Å². The molecule has 0 fully saturated rings. The summed E-state index contributed by atoms with van der Waals surface area (Å²) in [6.07, 6.45) is 2.16. The van der Waals surface area contributed by atoms with E-state index in [4.69, 9.17) is 0 Å². The predicted octanol–water partition coefficient (Wildman–Crippen LogP) is 1.57. The molecule has 0 spiro atoms. The van der Waals surface area contributed by atoms with Crippen LogP contribution in [0.25, 0.3) is 0 Å². The van der Waals surface area contributed by atoms with Gasteiger partial charge in [0.25, 0.3) is 0 Å². The van der Waals surface area contributed by atoms with Crippen LogP contribution in [0.15, 0.2) is 6.20 Å². The van der Waals surface area contributed by atoms with Crippen molar-refractivity contribution in [2.24, 2.45) is 0 Å². The minimum atomic E-state index is -0.480. The number of nitro groups is 1. The predicted molar refractivity (Wildman–Crippen MR) is 79.1 cm³/mol. The first kappa shape index (κ1) is 16.1. The number of nitrogens with zero attached hydrogens (tertiary/aromatic N) is 4. The molecule has 2 N–H and O–H groups in total. The second-order valence-corrected chi connectivity index (χ2v) is 4.80. The molecule has 112 valence electrons. The van der Waals surface area contributed by atoms with E-state index in [1.807, 2.05) is 32.8 Å². The van der Waals surface area contributed by atoms with E-state index >= 15 is 0 Å². The normalized spacial score (nSPS) is 12.2. The Kier molecular flexibility index (Phi) is 6.10. The number of rotatable bonds is 8. The Bertz CT molecular complexity index is 452. The lowest BCUT2D eigenvalue weighted by Crippen LogP contribution is -2.31. The molecule has 20 heavy (non-hydrogen) atoms. The van der Waals surface area contributed by atoms with Gasteiger partial charge in [0.05, 0.1) is 4.92 Å². The quantitative estimate of drug-likeness (QED) is 0.551. The van der Waals surface area contributed by atoms with E-state index in [1.54, 1.807) is 0 Å². The molecule has 1 unspecified atom stereocenters. The van der Waals surface area contributed by atoms with Gasteiger partial charge in [-0.05, 0) is 27.4 Å². The summed E-state index contributed by atoms with van der Waals surface area (Å²) in [4.78, 5) is 20.6. The molecule has 1 heterocycles. The standard InChI is InChI=1S/C12H22N6O2/c1-5-6-13-12-15-8-10(18(19)20)11(16-12)14-7-9(2)17(3)4/h8-9H,5-7H2,1-4H3,(H2,13,14,15,16). The lowest BCUT2D eigenvalue weighted by molar-refractivity contribution is -0.384. The molecule has 0 bridgehead atoms. The molecule has 1 atom stereocenters. The first-order valence-corrected chi connectivity index (χ1v) is 6.61. The number of aromatic nitrogens is 2. The third-order valence-corrected chi connectivity index (χ3v) is 2.95. The number of hydrogen-bond donors (Lipinski definition) is 2. The Morgan fingerprint density at radius 1 is 1.45 bits per heavy atom. The second kappa shape index (κ2) is 7.59. The fourth-order valence-corrected chi connectivity index (χ4v) is 1.39. The van der Waals surface area contributed by atoms with Gasteiger partial charge < -0.3 is 15.5 Å². The Morgan fingerprint density at radius 3 is 2.70 bits per heavy atom. The third-order valence-electron chi connectivity index (χ3n) is 2.95. The van der Waals surface area contributed by atoms with Gasteiger partial charge in [-0.2, -0.15) is 4.98 Å². The molecule has 1 rings (SSSR count). The van der Waals surface area contributed by atoms with Crippen LogP contribution in [0, 0.1) is 10.1 Å². The highest BCUT2D eigenvalue weighted by atomic mass is 16.6. The fraction of sp³-hybridized carbons (Fsp3) is 0.667. The molecule has 0 aliphatic carbocycles. The Balaban J connectivity index is 2.85. The molecule has 8 heteroatoms.